The smallest absolute Gasteiger partial charge is 0.160 e. The van der Waals surface area contributed by atoms with Crippen molar-refractivity contribution in [1.82, 2.24) is 14.7 Å². The van der Waals surface area contributed by atoms with Gasteiger partial charge < -0.3 is 15.4 Å². The lowest BCUT2D eigenvalue weighted by Crippen LogP contribution is -2.36. The van der Waals surface area contributed by atoms with Gasteiger partial charge in [0, 0.05) is 18.5 Å². The average molecular weight is 294 g/mol. The topological polar surface area (TPSA) is 56.3 Å². The van der Waals surface area contributed by atoms with Crippen molar-refractivity contribution in [1.29, 1.82) is 0 Å². The van der Waals surface area contributed by atoms with E-state index in [1.165, 1.54) is 18.5 Å². The van der Waals surface area contributed by atoms with Crippen molar-refractivity contribution in [2.45, 2.75) is 51.1 Å². The minimum Gasteiger partial charge on any atom is -0.493 e. The first-order valence-electron chi connectivity index (χ1n) is 8.06. The van der Waals surface area contributed by atoms with Crippen LogP contribution in [0.1, 0.15) is 44.2 Å². The molecule has 0 amide bonds. The zero-order valence-electron chi connectivity index (χ0n) is 13.9. The number of ether oxygens (including phenoxy) is 1. The molecule has 2 rings (SSSR count). The summed E-state index contributed by atoms with van der Waals surface area (Å²) in [5.41, 5.74) is 7.63. The Labute approximate surface area is 128 Å². The van der Waals surface area contributed by atoms with Crippen LogP contribution in [0, 0.1) is 5.92 Å². The van der Waals surface area contributed by atoms with Gasteiger partial charge in [-0.1, -0.05) is 13.3 Å². The normalized spacial score (nSPS) is 26.3. The maximum Gasteiger partial charge on any atom is 0.160 e. The van der Waals surface area contributed by atoms with Crippen LogP contribution in [-0.2, 0) is 6.54 Å². The van der Waals surface area contributed by atoms with E-state index >= 15 is 0 Å². The van der Waals surface area contributed by atoms with Gasteiger partial charge in [-0.15, -0.1) is 0 Å². The summed E-state index contributed by atoms with van der Waals surface area (Å²) in [6, 6.07) is 0.219. The summed E-state index contributed by atoms with van der Waals surface area (Å²) >= 11 is 0. The molecule has 21 heavy (non-hydrogen) atoms. The summed E-state index contributed by atoms with van der Waals surface area (Å²) in [5, 5.41) is 4.53. The van der Waals surface area contributed by atoms with Crippen molar-refractivity contribution in [3.05, 3.63) is 11.9 Å². The monoisotopic (exact) mass is 294 g/mol. The number of likely N-dealkylation sites (N-methyl/N-ethyl adjacent to an activating group) is 1. The van der Waals surface area contributed by atoms with Gasteiger partial charge in [-0.2, -0.15) is 5.10 Å². The van der Waals surface area contributed by atoms with E-state index in [2.05, 4.69) is 35.7 Å². The van der Waals surface area contributed by atoms with Crippen LogP contribution in [0.5, 0.6) is 5.75 Å². The maximum atomic E-state index is 6.43. The Bertz CT molecular complexity index is 443. The molecule has 1 saturated carbocycles. The van der Waals surface area contributed by atoms with Crippen LogP contribution in [0.15, 0.2) is 6.20 Å². The van der Waals surface area contributed by atoms with Gasteiger partial charge in [-0.3, -0.25) is 4.68 Å². The van der Waals surface area contributed by atoms with E-state index in [-0.39, 0.29) is 6.04 Å². The lowest BCUT2D eigenvalue weighted by atomic mass is 9.75. The minimum atomic E-state index is 0.219. The van der Waals surface area contributed by atoms with Crippen molar-refractivity contribution < 1.29 is 4.74 Å². The average Bonchev–Trinajstić information content (AvgIpc) is 2.88. The second kappa shape index (κ2) is 7.27. The molecule has 5 nitrogen and oxygen atoms in total. The number of aromatic nitrogens is 2. The van der Waals surface area contributed by atoms with Crippen LogP contribution in [0.3, 0.4) is 0 Å². The Kier molecular flexibility index (Phi) is 5.65. The molecule has 2 N–H and O–H groups in total. The Balaban J connectivity index is 2.24. The van der Waals surface area contributed by atoms with E-state index < -0.39 is 0 Å². The summed E-state index contributed by atoms with van der Waals surface area (Å²) in [5.74, 6) is 2.03. The number of methoxy groups -OCH3 is 1. The van der Waals surface area contributed by atoms with Gasteiger partial charge >= 0.3 is 0 Å². The fraction of sp³-hybridized carbons (Fsp3) is 0.812. The van der Waals surface area contributed by atoms with Gasteiger partial charge in [-0.05, 0) is 39.3 Å². The zero-order chi connectivity index (χ0) is 15.4. The first-order chi connectivity index (χ1) is 10.1. The first kappa shape index (κ1) is 16.3. The quantitative estimate of drug-likeness (QED) is 0.872. The van der Waals surface area contributed by atoms with Crippen LogP contribution >= 0.6 is 0 Å². The largest absolute Gasteiger partial charge is 0.493 e. The van der Waals surface area contributed by atoms with Crippen LogP contribution in [0.25, 0.3) is 0 Å². The summed E-state index contributed by atoms with van der Waals surface area (Å²) < 4.78 is 7.65. The van der Waals surface area contributed by atoms with Crippen molar-refractivity contribution in [3.8, 4) is 5.75 Å². The predicted molar refractivity (Wildman–Crippen MR) is 85.7 cm³/mol. The van der Waals surface area contributed by atoms with E-state index in [9.17, 15) is 0 Å². The molecule has 3 atom stereocenters. The fourth-order valence-electron chi connectivity index (χ4n) is 3.35. The van der Waals surface area contributed by atoms with Crippen molar-refractivity contribution in [3.63, 3.8) is 0 Å². The van der Waals surface area contributed by atoms with Crippen LogP contribution in [0.4, 0.5) is 0 Å². The summed E-state index contributed by atoms with van der Waals surface area (Å²) in [7, 11) is 5.89. The molecule has 0 radical (unpaired) electrons. The first-order valence-corrected chi connectivity index (χ1v) is 8.06. The van der Waals surface area contributed by atoms with Crippen LogP contribution in [0.2, 0.25) is 0 Å². The Morgan fingerprint density at radius 1 is 1.43 bits per heavy atom. The number of nitrogens with two attached hydrogens (primary N) is 1. The standard InChI is InChI=1S/C16H30N4O/c1-5-12-6-7-14(17)13(10-12)16-15(21-4)11-18-20(16)9-8-19(2)3/h11-14H,5-10,17H2,1-4H3. The molecule has 1 heterocycles. The molecule has 0 saturated heterocycles. The molecule has 120 valence electrons. The molecule has 0 bridgehead atoms. The highest BCUT2D eigenvalue weighted by Crippen LogP contribution is 2.40. The van der Waals surface area contributed by atoms with E-state index in [0.29, 0.717) is 5.92 Å². The lowest BCUT2D eigenvalue weighted by Gasteiger charge is -2.34. The van der Waals surface area contributed by atoms with Gasteiger partial charge in [0.1, 0.15) is 0 Å². The molecular weight excluding hydrogens is 264 g/mol. The maximum absolute atomic E-state index is 6.43. The van der Waals surface area contributed by atoms with Crippen molar-refractivity contribution in [2.24, 2.45) is 11.7 Å². The van der Waals surface area contributed by atoms with E-state index in [0.717, 1.165) is 37.6 Å². The lowest BCUT2D eigenvalue weighted by molar-refractivity contribution is 0.264. The van der Waals surface area contributed by atoms with Gasteiger partial charge in [0.25, 0.3) is 0 Å². The molecule has 1 aromatic heterocycles. The minimum absolute atomic E-state index is 0.219. The van der Waals surface area contributed by atoms with Crippen LogP contribution in [-0.4, -0.2) is 48.5 Å². The van der Waals surface area contributed by atoms with Gasteiger partial charge in [0.2, 0.25) is 0 Å². The third-order valence-electron chi connectivity index (χ3n) is 4.76. The van der Waals surface area contributed by atoms with Gasteiger partial charge in [-0.25, -0.2) is 0 Å². The third-order valence-corrected chi connectivity index (χ3v) is 4.76. The van der Waals surface area contributed by atoms with Crippen molar-refractivity contribution in [2.75, 3.05) is 27.7 Å². The molecular formula is C16H30N4O. The second-order valence-electron chi connectivity index (χ2n) is 6.48. The Morgan fingerprint density at radius 3 is 2.81 bits per heavy atom. The highest BCUT2D eigenvalue weighted by molar-refractivity contribution is 5.30. The second-order valence-corrected chi connectivity index (χ2v) is 6.48. The fourth-order valence-corrected chi connectivity index (χ4v) is 3.35. The molecule has 1 aromatic rings. The molecule has 3 unspecified atom stereocenters. The van der Waals surface area contributed by atoms with E-state index in [1.807, 2.05) is 6.20 Å². The van der Waals surface area contributed by atoms with E-state index in [1.54, 1.807) is 7.11 Å². The number of nitrogens with zero attached hydrogens (tertiary/aromatic N) is 3. The summed E-state index contributed by atoms with van der Waals surface area (Å²) in [6.07, 6.45) is 6.58. The molecule has 0 aromatic carbocycles. The molecule has 0 spiro atoms. The molecule has 0 aliphatic heterocycles. The highest BCUT2D eigenvalue weighted by atomic mass is 16.5. The molecule has 1 aliphatic rings. The predicted octanol–water partition coefficient (Wildman–Crippen LogP) is 2.07. The molecule has 1 aliphatic carbocycles. The van der Waals surface area contributed by atoms with Crippen molar-refractivity contribution >= 4 is 0 Å². The number of rotatable bonds is 6. The van der Waals surface area contributed by atoms with Gasteiger partial charge in [0.05, 0.1) is 25.5 Å². The highest BCUT2D eigenvalue weighted by Gasteiger charge is 2.33. The Morgan fingerprint density at radius 2 is 2.19 bits per heavy atom. The summed E-state index contributed by atoms with van der Waals surface area (Å²) in [4.78, 5) is 2.17. The number of hydrogen-bond donors (Lipinski definition) is 1. The SMILES string of the molecule is CCC1CCC(N)C(c2c(OC)cnn2CCN(C)C)C1. The molecule has 1 fully saturated rings. The van der Waals surface area contributed by atoms with Gasteiger partial charge in [0.15, 0.2) is 5.75 Å². The third kappa shape index (κ3) is 3.77. The van der Waals surface area contributed by atoms with Crippen LogP contribution < -0.4 is 10.5 Å². The molecule has 5 heteroatoms. The Hall–Kier alpha value is -1.07. The van der Waals surface area contributed by atoms with E-state index in [4.69, 9.17) is 10.5 Å². The summed E-state index contributed by atoms with van der Waals surface area (Å²) in [6.45, 7) is 4.13. The number of hydrogen-bond acceptors (Lipinski definition) is 4. The zero-order valence-corrected chi connectivity index (χ0v) is 13.9.